The molecule has 1 aromatic rings. The lowest BCUT2D eigenvalue weighted by Gasteiger charge is -2.22. The standard InChI is InChI=1S/C16H22N2S/c1-2-7-12(8-3-1)17-16-18-15-13-9-5-4-6-11(13)10-14(15)19-16/h12H,1-10H2,(H,17,18). The molecular formula is C16H22N2S. The lowest BCUT2D eigenvalue weighted by molar-refractivity contribution is 0.462. The summed E-state index contributed by atoms with van der Waals surface area (Å²) < 4.78 is 0. The number of nitrogens with one attached hydrogen (secondary N) is 1. The number of thiazole rings is 1. The molecule has 0 aliphatic heterocycles. The first-order valence-corrected chi connectivity index (χ1v) is 8.69. The minimum atomic E-state index is 0.680. The topological polar surface area (TPSA) is 24.9 Å². The highest BCUT2D eigenvalue weighted by Gasteiger charge is 2.28. The van der Waals surface area contributed by atoms with Crippen LogP contribution in [0, 0.1) is 0 Å². The van der Waals surface area contributed by atoms with Gasteiger partial charge in [0.15, 0.2) is 5.13 Å². The highest BCUT2D eigenvalue weighted by molar-refractivity contribution is 7.15. The minimum absolute atomic E-state index is 0.680. The van der Waals surface area contributed by atoms with E-state index in [1.807, 2.05) is 11.3 Å². The number of aromatic nitrogens is 1. The fraction of sp³-hybridized carbons (Fsp3) is 0.688. The second-order valence-corrected chi connectivity index (χ2v) is 7.32. The first kappa shape index (κ1) is 12.0. The predicted molar refractivity (Wildman–Crippen MR) is 81.7 cm³/mol. The molecular weight excluding hydrogens is 252 g/mol. The summed E-state index contributed by atoms with van der Waals surface area (Å²) in [5.74, 6) is 0. The van der Waals surface area contributed by atoms with Crippen LogP contribution in [-0.2, 0) is 6.42 Å². The summed E-state index contributed by atoms with van der Waals surface area (Å²) in [6.45, 7) is 0. The van der Waals surface area contributed by atoms with E-state index in [2.05, 4.69) is 5.32 Å². The van der Waals surface area contributed by atoms with Crippen LogP contribution in [0.3, 0.4) is 0 Å². The normalized spacial score (nSPS) is 23.4. The number of hydrogen-bond donors (Lipinski definition) is 1. The van der Waals surface area contributed by atoms with E-state index in [1.165, 1.54) is 79.9 Å². The molecule has 4 rings (SSSR count). The Balaban J connectivity index is 1.52. The van der Waals surface area contributed by atoms with Crippen molar-refractivity contribution in [3.63, 3.8) is 0 Å². The van der Waals surface area contributed by atoms with Crippen molar-refractivity contribution in [2.75, 3.05) is 5.32 Å². The van der Waals surface area contributed by atoms with Gasteiger partial charge in [-0.25, -0.2) is 4.98 Å². The van der Waals surface area contributed by atoms with Gasteiger partial charge in [0.1, 0.15) is 0 Å². The third-order valence-corrected chi connectivity index (χ3v) is 5.86. The molecule has 1 saturated carbocycles. The SMILES string of the molecule is C1CCC(Nc2nc3c(s2)CC2=C3CCCC2)CC1. The van der Waals surface area contributed by atoms with E-state index in [0.717, 1.165) is 0 Å². The van der Waals surface area contributed by atoms with Crippen molar-refractivity contribution in [2.45, 2.75) is 70.3 Å². The molecule has 1 N–H and O–H groups in total. The third-order valence-electron chi connectivity index (χ3n) is 4.87. The zero-order valence-electron chi connectivity index (χ0n) is 11.5. The predicted octanol–water partition coefficient (Wildman–Crippen LogP) is 4.77. The van der Waals surface area contributed by atoms with E-state index in [1.54, 1.807) is 11.1 Å². The summed E-state index contributed by atoms with van der Waals surface area (Å²) in [7, 11) is 0. The van der Waals surface area contributed by atoms with Crippen molar-refractivity contribution in [1.29, 1.82) is 0 Å². The highest BCUT2D eigenvalue weighted by Crippen LogP contribution is 2.44. The van der Waals surface area contributed by atoms with Gasteiger partial charge in [0.05, 0.1) is 5.69 Å². The fourth-order valence-corrected chi connectivity index (χ4v) is 4.94. The second-order valence-electron chi connectivity index (χ2n) is 6.24. The van der Waals surface area contributed by atoms with Crippen molar-refractivity contribution in [3.8, 4) is 0 Å². The van der Waals surface area contributed by atoms with Gasteiger partial charge in [-0.15, -0.1) is 11.3 Å². The van der Waals surface area contributed by atoms with E-state index >= 15 is 0 Å². The summed E-state index contributed by atoms with van der Waals surface area (Å²) in [5.41, 5.74) is 4.66. The molecule has 1 heterocycles. The maximum atomic E-state index is 4.92. The first-order valence-electron chi connectivity index (χ1n) is 7.87. The van der Waals surface area contributed by atoms with Crippen LogP contribution in [0.5, 0.6) is 0 Å². The van der Waals surface area contributed by atoms with E-state index < -0.39 is 0 Å². The summed E-state index contributed by atoms with van der Waals surface area (Å²) in [6, 6.07) is 0.680. The molecule has 0 aromatic carbocycles. The highest BCUT2D eigenvalue weighted by atomic mass is 32.1. The van der Waals surface area contributed by atoms with Crippen LogP contribution in [0.15, 0.2) is 5.57 Å². The van der Waals surface area contributed by atoms with Crippen LogP contribution in [0.25, 0.3) is 5.57 Å². The van der Waals surface area contributed by atoms with Gasteiger partial charge in [-0.2, -0.15) is 0 Å². The molecule has 0 atom stereocenters. The Labute approximate surface area is 119 Å². The molecule has 0 bridgehead atoms. The number of anilines is 1. The Hall–Kier alpha value is -0.830. The average molecular weight is 274 g/mol. The maximum Gasteiger partial charge on any atom is 0.183 e. The molecule has 2 nitrogen and oxygen atoms in total. The molecule has 3 aliphatic carbocycles. The molecule has 102 valence electrons. The van der Waals surface area contributed by atoms with Gasteiger partial charge in [-0.05, 0) is 44.1 Å². The Bertz CT molecular complexity index is 509. The lowest BCUT2D eigenvalue weighted by Crippen LogP contribution is -2.22. The van der Waals surface area contributed by atoms with Crippen molar-refractivity contribution < 1.29 is 0 Å². The van der Waals surface area contributed by atoms with Crippen molar-refractivity contribution in [2.24, 2.45) is 0 Å². The van der Waals surface area contributed by atoms with Crippen LogP contribution < -0.4 is 5.32 Å². The largest absolute Gasteiger partial charge is 0.359 e. The first-order chi connectivity index (χ1) is 9.40. The Morgan fingerprint density at radius 1 is 1.00 bits per heavy atom. The van der Waals surface area contributed by atoms with Crippen LogP contribution in [0.4, 0.5) is 5.13 Å². The molecule has 19 heavy (non-hydrogen) atoms. The third kappa shape index (κ3) is 2.22. The van der Waals surface area contributed by atoms with Crippen LogP contribution in [0.1, 0.15) is 68.4 Å². The van der Waals surface area contributed by atoms with E-state index in [0.29, 0.717) is 6.04 Å². The average Bonchev–Trinajstić information content (AvgIpc) is 2.97. The van der Waals surface area contributed by atoms with Crippen LogP contribution in [0.2, 0.25) is 0 Å². The Morgan fingerprint density at radius 2 is 1.84 bits per heavy atom. The number of rotatable bonds is 2. The Kier molecular flexibility index (Phi) is 3.10. The number of fused-ring (bicyclic) bond motifs is 2. The maximum absolute atomic E-state index is 4.92. The molecule has 1 fully saturated rings. The quantitative estimate of drug-likeness (QED) is 0.840. The molecule has 1 aromatic heterocycles. The smallest absolute Gasteiger partial charge is 0.183 e. The zero-order chi connectivity index (χ0) is 12.7. The summed E-state index contributed by atoms with van der Waals surface area (Å²) in [4.78, 5) is 6.45. The number of allylic oxidation sites excluding steroid dienone is 2. The Morgan fingerprint density at radius 3 is 2.74 bits per heavy atom. The zero-order valence-corrected chi connectivity index (χ0v) is 12.3. The van der Waals surface area contributed by atoms with Gasteiger partial charge in [-0.1, -0.05) is 24.8 Å². The van der Waals surface area contributed by atoms with Gasteiger partial charge < -0.3 is 5.32 Å². The summed E-state index contributed by atoms with van der Waals surface area (Å²) >= 11 is 1.92. The number of hydrogen-bond acceptors (Lipinski definition) is 3. The molecule has 0 spiro atoms. The van der Waals surface area contributed by atoms with Crippen LogP contribution >= 0.6 is 11.3 Å². The molecule has 0 radical (unpaired) electrons. The van der Waals surface area contributed by atoms with E-state index in [9.17, 15) is 0 Å². The fourth-order valence-electron chi connectivity index (χ4n) is 3.83. The van der Waals surface area contributed by atoms with Crippen molar-refractivity contribution in [3.05, 3.63) is 16.1 Å². The monoisotopic (exact) mass is 274 g/mol. The molecule has 3 aliphatic rings. The molecule has 3 heteroatoms. The van der Waals surface area contributed by atoms with Crippen LogP contribution in [-0.4, -0.2) is 11.0 Å². The molecule has 0 unspecified atom stereocenters. The second kappa shape index (κ2) is 4.93. The van der Waals surface area contributed by atoms with Gasteiger partial charge in [0, 0.05) is 17.3 Å². The van der Waals surface area contributed by atoms with E-state index in [4.69, 9.17) is 4.98 Å². The summed E-state index contributed by atoms with van der Waals surface area (Å²) in [5, 5.41) is 4.88. The molecule has 0 saturated heterocycles. The van der Waals surface area contributed by atoms with Gasteiger partial charge in [0.2, 0.25) is 0 Å². The lowest BCUT2D eigenvalue weighted by atomic mass is 9.93. The van der Waals surface area contributed by atoms with Gasteiger partial charge in [0.25, 0.3) is 0 Å². The summed E-state index contributed by atoms with van der Waals surface area (Å²) in [6.07, 6.45) is 13.4. The number of nitrogens with zero attached hydrogens (tertiary/aromatic N) is 1. The molecule has 0 amide bonds. The van der Waals surface area contributed by atoms with Crippen molar-refractivity contribution in [1.82, 2.24) is 4.98 Å². The van der Waals surface area contributed by atoms with Crippen molar-refractivity contribution >= 4 is 22.0 Å². The van der Waals surface area contributed by atoms with Gasteiger partial charge >= 0.3 is 0 Å². The van der Waals surface area contributed by atoms with Gasteiger partial charge in [-0.3, -0.25) is 0 Å². The van der Waals surface area contributed by atoms with E-state index in [-0.39, 0.29) is 0 Å². The minimum Gasteiger partial charge on any atom is -0.359 e.